The molecule has 1 aliphatic rings. The van der Waals surface area contributed by atoms with Crippen LogP contribution >= 0.6 is 0 Å². The molecule has 0 aliphatic heterocycles. The van der Waals surface area contributed by atoms with E-state index in [1.807, 2.05) is 19.0 Å². The lowest BCUT2D eigenvalue weighted by Gasteiger charge is -2.29. The molecule has 0 bridgehead atoms. The molecule has 0 spiro atoms. The van der Waals surface area contributed by atoms with Crippen LogP contribution in [0.5, 0.6) is 0 Å². The van der Waals surface area contributed by atoms with Gasteiger partial charge in [0.05, 0.1) is 7.11 Å². The monoisotopic (exact) mass is 186 g/mol. The molecule has 76 valence electrons. The van der Waals surface area contributed by atoms with Gasteiger partial charge in [0.1, 0.15) is 5.54 Å². The van der Waals surface area contributed by atoms with Crippen molar-refractivity contribution in [2.45, 2.75) is 18.4 Å². The van der Waals surface area contributed by atoms with E-state index < -0.39 is 5.54 Å². The van der Waals surface area contributed by atoms with Gasteiger partial charge in [-0.15, -0.1) is 0 Å². The molecular weight excluding hydrogens is 168 g/mol. The summed E-state index contributed by atoms with van der Waals surface area (Å²) in [5, 5.41) is 0. The molecule has 0 aromatic carbocycles. The van der Waals surface area contributed by atoms with Crippen molar-refractivity contribution in [2.75, 3.05) is 27.7 Å². The van der Waals surface area contributed by atoms with Gasteiger partial charge < -0.3 is 15.4 Å². The number of esters is 1. The van der Waals surface area contributed by atoms with E-state index in [4.69, 9.17) is 10.5 Å². The number of ether oxygens (including phenoxy) is 1. The van der Waals surface area contributed by atoms with Gasteiger partial charge in [-0.1, -0.05) is 0 Å². The largest absolute Gasteiger partial charge is 0.468 e. The molecule has 1 saturated carbocycles. The molecule has 1 rings (SSSR count). The van der Waals surface area contributed by atoms with Crippen LogP contribution in [-0.4, -0.2) is 44.2 Å². The van der Waals surface area contributed by atoms with E-state index >= 15 is 0 Å². The minimum absolute atomic E-state index is 0.288. The fraction of sp³-hybridized carbons (Fsp3) is 0.889. The Kier molecular flexibility index (Phi) is 2.93. The summed E-state index contributed by atoms with van der Waals surface area (Å²) in [6.45, 7) is 0.560. The summed E-state index contributed by atoms with van der Waals surface area (Å²) < 4.78 is 4.73. The fourth-order valence-electron chi connectivity index (χ4n) is 1.67. The highest BCUT2D eigenvalue weighted by molar-refractivity contribution is 5.81. The van der Waals surface area contributed by atoms with Gasteiger partial charge in [-0.2, -0.15) is 0 Å². The van der Waals surface area contributed by atoms with E-state index in [9.17, 15) is 4.79 Å². The molecule has 4 nitrogen and oxygen atoms in total. The van der Waals surface area contributed by atoms with Crippen molar-refractivity contribution >= 4 is 5.97 Å². The molecule has 0 radical (unpaired) electrons. The molecule has 1 fully saturated rings. The third-order valence-corrected chi connectivity index (χ3v) is 2.45. The van der Waals surface area contributed by atoms with Crippen LogP contribution in [0.1, 0.15) is 12.8 Å². The summed E-state index contributed by atoms with van der Waals surface area (Å²) in [5.41, 5.74) is 5.25. The molecule has 13 heavy (non-hydrogen) atoms. The van der Waals surface area contributed by atoms with Crippen LogP contribution in [0, 0.1) is 5.92 Å². The number of nitrogens with zero attached hydrogens (tertiary/aromatic N) is 1. The van der Waals surface area contributed by atoms with E-state index in [1.165, 1.54) is 7.11 Å². The Balaban J connectivity index is 2.67. The number of hydrogen-bond donors (Lipinski definition) is 1. The molecule has 0 amide bonds. The van der Waals surface area contributed by atoms with Gasteiger partial charge in [-0.25, -0.2) is 0 Å². The number of rotatable bonds is 4. The maximum absolute atomic E-state index is 11.5. The number of carbonyl (C=O) groups is 1. The number of hydrogen-bond acceptors (Lipinski definition) is 4. The van der Waals surface area contributed by atoms with Crippen LogP contribution in [0.2, 0.25) is 0 Å². The van der Waals surface area contributed by atoms with Crippen molar-refractivity contribution in [2.24, 2.45) is 11.7 Å². The Bertz CT molecular complexity index is 202. The first-order chi connectivity index (χ1) is 6.00. The first-order valence-electron chi connectivity index (χ1n) is 4.52. The zero-order valence-corrected chi connectivity index (χ0v) is 8.54. The summed E-state index contributed by atoms with van der Waals surface area (Å²) in [5.74, 6) is 0.0195. The minimum atomic E-state index is -0.793. The van der Waals surface area contributed by atoms with Crippen molar-refractivity contribution in [3.63, 3.8) is 0 Å². The van der Waals surface area contributed by atoms with Crippen molar-refractivity contribution in [3.8, 4) is 0 Å². The maximum Gasteiger partial charge on any atom is 0.327 e. The quantitative estimate of drug-likeness (QED) is 0.619. The van der Waals surface area contributed by atoms with Crippen molar-refractivity contribution in [1.82, 2.24) is 4.90 Å². The van der Waals surface area contributed by atoms with Gasteiger partial charge in [-0.3, -0.25) is 4.79 Å². The van der Waals surface area contributed by atoms with E-state index in [0.29, 0.717) is 12.5 Å². The van der Waals surface area contributed by atoms with Gasteiger partial charge in [-0.05, 0) is 32.9 Å². The van der Waals surface area contributed by atoms with Crippen LogP contribution in [-0.2, 0) is 9.53 Å². The first kappa shape index (κ1) is 10.5. The zero-order valence-electron chi connectivity index (χ0n) is 8.54. The van der Waals surface area contributed by atoms with Crippen LogP contribution < -0.4 is 5.73 Å². The third kappa shape index (κ3) is 2.19. The highest BCUT2D eigenvalue weighted by atomic mass is 16.5. The van der Waals surface area contributed by atoms with Gasteiger partial charge in [0, 0.05) is 6.54 Å². The van der Waals surface area contributed by atoms with Gasteiger partial charge in [0.25, 0.3) is 0 Å². The highest BCUT2D eigenvalue weighted by Gasteiger charge is 2.49. The Morgan fingerprint density at radius 2 is 2.15 bits per heavy atom. The minimum Gasteiger partial charge on any atom is -0.468 e. The molecule has 1 aliphatic carbocycles. The first-order valence-corrected chi connectivity index (χ1v) is 4.52. The summed E-state index contributed by atoms with van der Waals surface area (Å²) >= 11 is 0. The second-order valence-electron chi connectivity index (χ2n) is 4.04. The number of nitrogens with two attached hydrogens (primary N) is 1. The summed E-state index contributed by atoms with van der Waals surface area (Å²) in [6.07, 6.45) is 2.08. The second-order valence-corrected chi connectivity index (χ2v) is 4.04. The topological polar surface area (TPSA) is 55.6 Å². The van der Waals surface area contributed by atoms with Crippen molar-refractivity contribution in [1.29, 1.82) is 0 Å². The molecule has 0 heterocycles. The smallest absolute Gasteiger partial charge is 0.327 e. The average Bonchev–Trinajstić information content (AvgIpc) is 2.83. The number of carbonyl (C=O) groups excluding carboxylic acids is 1. The Labute approximate surface area is 79.0 Å². The second kappa shape index (κ2) is 3.64. The lowest BCUT2D eigenvalue weighted by atomic mass is 9.94. The third-order valence-electron chi connectivity index (χ3n) is 2.45. The highest BCUT2D eigenvalue weighted by Crippen LogP contribution is 2.39. The predicted octanol–water partition coefficient (Wildman–Crippen LogP) is -0.171. The molecule has 2 N–H and O–H groups in total. The molecule has 0 aromatic rings. The predicted molar refractivity (Wildman–Crippen MR) is 50.2 cm³/mol. The lowest BCUT2D eigenvalue weighted by molar-refractivity contribution is -0.148. The zero-order chi connectivity index (χ0) is 10.1. The normalized spacial score (nSPS) is 21.3. The lowest BCUT2D eigenvalue weighted by Crippen LogP contribution is -2.57. The van der Waals surface area contributed by atoms with Crippen molar-refractivity contribution in [3.05, 3.63) is 0 Å². The van der Waals surface area contributed by atoms with Gasteiger partial charge in [0.2, 0.25) is 0 Å². The van der Waals surface area contributed by atoms with E-state index in [0.717, 1.165) is 12.8 Å². The Hall–Kier alpha value is -0.610. The standard InChI is InChI=1S/C9H18N2O2/c1-11(2)6-9(10,7-4-5-7)8(12)13-3/h7H,4-6,10H2,1-3H3. The Morgan fingerprint density at radius 3 is 2.46 bits per heavy atom. The fourth-order valence-corrected chi connectivity index (χ4v) is 1.67. The molecule has 0 aromatic heterocycles. The van der Waals surface area contributed by atoms with E-state index in [2.05, 4.69) is 0 Å². The van der Waals surface area contributed by atoms with Crippen LogP contribution in [0.15, 0.2) is 0 Å². The molecule has 1 unspecified atom stereocenters. The molecular formula is C9H18N2O2. The van der Waals surface area contributed by atoms with E-state index in [-0.39, 0.29) is 5.97 Å². The summed E-state index contributed by atoms with van der Waals surface area (Å²) in [4.78, 5) is 13.4. The Morgan fingerprint density at radius 1 is 1.62 bits per heavy atom. The summed E-state index contributed by atoms with van der Waals surface area (Å²) in [7, 11) is 5.21. The number of methoxy groups -OCH3 is 1. The van der Waals surface area contributed by atoms with Gasteiger partial charge in [0.15, 0.2) is 0 Å². The molecule has 4 heteroatoms. The van der Waals surface area contributed by atoms with Crippen LogP contribution in [0.3, 0.4) is 0 Å². The molecule has 0 saturated heterocycles. The van der Waals surface area contributed by atoms with Gasteiger partial charge >= 0.3 is 5.97 Å². The molecule has 1 atom stereocenters. The van der Waals surface area contributed by atoms with Crippen molar-refractivity contribution < 1.29 is 9.53 Å². The average molecular weight is 186 g/mol. The van der Waals surface area contributed by atoms with Crippen LogP contribution in [0.4, 0.5) is 0 Å². The SMILES string of the molecule is COC(=O)C(N)(CN(C)C)C1CC1. The maximum atomic E-state index is 11.5. The number of likely N-dealkylation sites (N-methyl/N-ethyl adjacent to an activating group) is 1. The summed E-state index contributed by atoms with van der Waals surface area (Å²) in [6, 6.07) is 0. The van der Waals surface area contributed by atoms with Crippen LogP contribution in [0.25, 0.3) is 0 Å². The van der Waals surface area contributed by atoms with E-state index in [1.54, 1.807) is 0 Å².